The quantitative estimate of drug-likeness (QED) is 0.527. The Morgan fingerprint density at radius 1 is 1.09 bits per heavy atom. The first-order chi connectivity index (χ1) is 15.7. The summed E-state index contributed by atoms with van der Waals surface area (Å²) in [5, 5.41) is 7.20. The van der Waals surface area contributed by atoms with Crippen molar-refractivity contribution in [1.29, 1.82) is 0 Å². The van der Waals surface area contributed by atoms with E-state index in [-0.39, 0.29) is 12.5 Å². The lowest BCUT2D eigenvalue weighted by Crippen LogP contribution is -2.25. The molecule has 0 atom stereocenters. The Morgan fingerprint density at radius 2 is 1.91 bits per heavy atom. The number of rotatable bonds is 10. The summed E-state index contributed by atoms with van der Waals surface area (Å²) < 4.78 is 13.5. The second-order valence-electron chi connectivity index (χ2n) is 7.97. The molecule has 1 saturated heterocycles. The summed E-state index contributed by atoms with van der Waals surface area (Å²) in [4.78, 5) is 14.8. The number of nitrogens with zero attached hydrogens (tertiary/aromatic N) is 3. The molecular formula is C25H30N4O3. The van der Waals surface area contributed by atoms with E-state index in [1.807, 2.05) is 61.6 Å². The third kappa shape index (κ3) is 5.96. The van der Waals surface area contributed by atoms with Gasteiger partial charge in [-0.15, -0.1) is 0 Å². The zero-order valence-corrected chi connectivity index (χ0v) is 18.5. The van der Waals surface area contributed by atoms with Crippen molar-refractivity contribution >= 4 is 11.6 Å². The molecular weight excluding hydrogens is 404 g/mol. The number of nitrogens with one attached hydrogen (secondary N) is 1. The maximum absolute atomic E-state index is 12.4. The highest BCUT2D eigenvalue weighted by Crippen LogP contribution is 2.32. The van der Waals surface area contributed by atoms with Crippen LogP contribution in [0, 0.1) is 0 Å². The van der Waals surface area contributed by atoms with Crippen LogP contribution in [0.1, 0.15) is 18.4 Å². The van der Waals surface area contributed by atoms with Gasteiger partial charge in [-0.3, -0.25) is 14.4 Å². The Balaban J connectivity index is 1.38. The Hall–Kier alpha value is -3.16. The molecule has 168 valence electrons. The van der Waals surface area contributed by atoms with E-state index in [9.17, 15) is 4.79 Å². The first-order valence-electron chi connectivity index (χ1n) is 11.1. The van der Waals surface area contributed by atoms with Crippen LogP contribution in [0.5, 0.6) is 5.75 Å². The average Bonchev–Trinajstić information content (AvgIpc) is 3.47. The maximum Gasteiger partial charge on any atom is 0.250 e. The minimum Gasteiger partial charge on any atom is -0.492 e. The van der Waals surface area contributed by atoms with Crippen molar-refractivity contribution in [3.63, 3.8) is 0 Å². The average molecular weight is 435 g/mol. The molecule has 1 aromatic heterocycles. The molecule has 1 aliphatic rings. The van der Waals surface area contributed by atoms with Crippen molar-refractivity contribution < 1.29 is 14.3 Å². The van der Waals surface area contributed by atoms with Gasteiger partial charge < -0.3 is 14.8 Å². The highest BCUT2D eigenvalue weighted by Gasteiger charge is 2.15. The molecule has 1 fully saturated rings. The molecule has 1 aliphatic heterocycles. The molecule has 1 N–H and O–H groups in total. The standard InChI is InChI=1S/C25H30N4O3/c1-28-23(11-12-26-28)22-17-21(9-10-24(22)32-16-15-29-13-5-6-14-29)27-25(30)19-31-18-20-7-3-2-4-8-20/h2-4,7-12,17H,5-6,13-16,18-19H2,1H3,(H,27,30). The van der Waals surface area contributed by atoms with Crippen molar-refractivity contribution in [2.75, 3.05) is 38.2 Å². The van der Waals surface area contributed by atoms with E-state index in [1.54, 1.807) is 10.9 Å². The Bertz CT molecular complexity index is 1010. The number of benzene rings is 2. The normalized spacial score (nSPS) is 13.9. The highest BCUT2D eigenvalue weighted by molar-refractivity contribution is 5.92. The molecule has 0 bridgehead atoms. The molecule has 1 amide bonds. The number of hydrogen-bond acceptors (Lipinski definition) is 5. The lowest BCUT2D eigenvalue weighted by molar-refractivity contribution is -0.121. The molecule has 0 spiro atoms. The van der Waals surface area contributed by atoms with Gasteiger partial charge in [-0.25, -0.2) is 0 Å². The number of anilines is 1. The monoisotopic (exact) mass is 434 g/mol. The number of ether oxygens (including phenoxy) is 2. The van der Waals surface area contributed by atoms with Gasteiger partial charge in [-0.1, -0.05) is 30.3 Å². The third-order valence-corrected chi connectivity index (χ3v) is 5.57. The van der Waals surface area contributed by atoms with Crippen LogP contribution in [-0.2, 0) is 23.2 Å². The van der Waals surface area contributed by atoms with Gasteiger partial charge in [-0.2, -0.15) is 5.10 Å². The number of amides is 1. The van der Waals surface area contributed by atoms with Crippen molar-refractivity contribution in [2.45, 2.75) is 19.4 Å². The Kier molecular flexibility index (Phi) is 7.53. The predicted molar refractivity (Wildman–Crippen MR) is 125 cm³/mol. The van der Waals surface area contributed by atoms with E-state index in [2.05, 4.69) is 15.3 Å². The summed E-state index contributed by atoms with van der Waals surface area (Å²) in [7, 11) is 1.89. The molecule has 2 aromatic carbocycles. The predicted octanol–water partition coefficient (Wildman–Crippen LogP) is 3.72. The fraction of sp³-hybridized carbons (Fsp3) is 0.360. The maximum atomic E-state index is 12.4. The minimum atomic E-state index is -0.195. The first kappa shape index (κ1) is 22.0. The highest BCUT2D eigenvalue weighted by atomic mass is 16.5. The number of hydrogen-bond donors (Lipinski definition) is 1. The van der Waals surface area contributed by atoms with E-state index in [0.717, 1.165) is 42.2 Å². The van der Waals surface area contributed by atoms with Crippen LogP contribution in [0.25, 0.3) is 11.3 Å². The number of carbonyl (C=O) groups excluding carboxylic acids is 1. The second-order valence-corrected chi connectivity index (χ2v) is 7.97. The van der Waals surface area contributed by atoms with Crippen molar-refractivity contribution in [2.24, 2.45) is 7.05 Å². The minimum absolute atomic E-state index is 0.00990. The number of carbonyl (C=O) groups is 1. The van der Waals surface area contributed by atoms with Gasteiger partial charge in [0.2, 0.25) is 5.91 Å². The van der Waals surface area contributed by atoms with Crippen molar-refractivity contribution in [3.8, 4) is 17.0 Å². The van der Waals surface area contributed by atoms with Gasteiger partial charge in [0.1, 0.15) is 19.0 Å². The molecule has 0 saturated carbocycles. The van der Waals surface area contributed by atoms with E-state index >= 15 is 0 Å². The fourth-order valence-electron chi connectivity index (χ4n) is 3.90. The molecule has 32 heavy (non-hydrogen) atoms. The lowest BCUT2D eigenvalue weighted by atomic mass is 10.1. The Morgan fingerprint density at radius 3 is 2.66 bits per heavy atom. The number of aryl methyl sites for hydroxylation is 1. The molecule has 2 heterocycles. The van der Waals surface area contributed by atoms with Crippen molar-refractivity contribution in [1.82, 2.24) is 14.7 Å². The van der Waals surface area contributed by atoms with Crippen LogP contribution in [0.2, 0.25) is 0 Å². The van der Waals surface area contributed by atoms with Crippen LogP contribution < -0.4 is 10.1 Å². The third-order valence-electron chi connectivity index (χ3n) is 5.57. The second kappa shape index (κ2) is 10.9. The van der Waals surface area contributed by atoms with E-state index < -0.39 is 0 Å². The molecule has 3 aromatic rings. The SMILES string of the molecule is Cn1nccc1-c1cc(NC(=O)COCc2ccccc2)ccc1OCCN1CCCC1. The summed E-state index contributed by atoms with van der Waals surface area (Å²) in [5.74, 6) is 0.589. The van der Waals surface area contributed by atoms with Crippen LogP contribution in [-0.4, -0.2) is 53.4 Å². The molecule has 0 unspecified atom stereocenters. The summed E-state index contributed by atoms with van der Waals surface area (Å²) >= 11 is 0. The van der Waals surface area contributed by atoms with Crippen LogP contribution in [0.15, 0.2) is 60.8 Å². The van der Waals surface area contributed by atoms with E-state index in [0.29, 0.717) is 18.9 Å². The van der Waals surface area contributed by atoms with Gasteiger partial charge >= 0.3 is 0 Å². The van der Waals surface area contributed by atoms with E-state index in [4.69, 9.17) is 9.47 Å². The van der Waals surface area contributed by atoms with Crippen LogP contribution in [0.4, 0.5) is 5.69 Å². The lowest BCUT2D eigenvalue weighted by Gasteiger charge is -2.17. The molecule has 7 nitrogen and oxygen atoms in total. The van der Waals surface area contributed by atoms with Crippen molar-refractivity contribution in [3.05, 3.63) is 66.4 Å². The van der Waals surface area contributed by atoms with Gasteiger partial charge in [0.05, 0.1) is 12.3 Å². The van der Waals surface area contributed by atoms with Gasteiger partial charge in [0, 0.05) is 31.0 Å². The smallest absolute Gasteiger partial charge is 0.250 e. The van der Waals surface area contributed by atoms with Gasteiger partial charge in [0.15, 0.2) is 0 Å². The summed E-state index contributed by atoms with van der Waals surface area (Å²) in [6.07, 6.45) is 4.29. The number of aromatic nitrogens is 2. The molecule has 7 heteroatoms. The molecule has 0 radical (unpaired) electrons. The fourth-order valence-corrected chi connectivity index (χ4v) is 3.90. The zero-order valence-electron chi connectivity index (χ0n) is 18.5. The largest absolute Gasteiger partial charge is 0.492 e. The zero-order chi connectivity index (χ0) is 22.2. The van der Waals surface area contributed by atoms with Crippen LogP contribution in [0.3, 0.4) is 0 Å². The van der Waals surface area contributed by atoms with Gasteiger partial charge in [-0.05, 0) is 55.8 Å². The first-order valence-corrected chi connectivity index (χ1v) is 11.1. The number of likely N-dealkylation sites (tertiary alicyclic amines) is 1. The Labute approximate surface area is 188 Å². The summed E-state index contributed by atoms with van der Waals surface area (Å²) in [6, 6.07) is 17.4. The summed E-state index contributed by atoms with van der Waals surface area (Å²) in [6.45, 7) is 4.23. The molecule has 4 rings (SSSR count). The topological polar surface area (TPSA) is 68.6 Å². The molecule has 0 aliphatic carbocycles. The van der Waals surface area contributed by atoms with Gasteiger partial charge in [0.25, 0.3) is 0 Å². The summed E-state index contributed by atoms with van der Waals surface area (Å²) in [5.41, 5.74) is 3.56. The van der Waals surface area contributed by atoms with Crippen LogP contribution >= 0.6 is 0 Å². The van der Waals surface area contributed by atoms with E-state index in [1.165, 1.54) is 12.8 Å².